The van der Waals surface area contributed by atoms with Crippen molar-refractivity contribution >= 4 is 19.2 Å². The lowest BCUT2D eigenvalue weighted by molar-refractivity contribution is 0.0973. The molecule has 0 amide bonds. The summed E-state index contributed by atoms with van der Waals surface area (Å²) in [6, 6.07) is 0.765. The fourth-order valence-corrected chi connectivity index (χ4v) is 3.15. The minimum Gasteiger partial charge on any atom is -0.377 e. The van der Waals surface area contributed by atoms with Gasteiger partial charge in [0.05, 0.1) is 10.4 Å². The van der Waals surface area contributed by atoms with Gasteiger partial charge in [-0.15, -0.1) is 0 Å². The van der Waals surface area contributed by atoms with Crippen molar-refractivity contribution in [1.29, 1.82) is 0 Å². The predicted molar refractivity (Wildman–Crippen MR) is 72.0 cm³/mol. The Morgan fingerprint density at radius 1 is 1.00 bits per heavy atom. The fourth-order valence-electron chi connectivity index (χ4n) is 1.11. The van der Waals surface area contributed by atoms with Crippen LogP contribution in [0.5, 0.6) is 0 Å². The molecule has 0 fully saturated rings. The van der Waals surface area contributed by atoms with Gasteiger partial charge in [-0.3, -0.25) is 0 Å². The van der Waals surface area contributed by atoms with Crippen LogP contribution in [0.2, 0.25) is 6.04 Å². The SMILES string of the molecule is CO[Si](CCCN)(OC)OCCCN.N[SiH3]. The molecule has 100 valence electrons. The fraction of sp³-hybridized carbons (Fsp3) is 1.00. The number of nitrogens with two attached hydrogens (primary N) is 3. The van der Waals surface area contributed by atoms with Gasteiger partial charge in [-0.05, 0) is 25.9 Å². The molecule has 16 heavy (non-hydrogen) atoms. The number of rotatable bonds is 9. The highest BCUT2D eigenvalue weighted by molar-refractivity contribution is 6.60. The van der Waals surface area contributed by atoms with Gasteiger partial charge in [0.1, 0.15) is 0 Å². The van der Waals surface area contributed by atoms with Crippen LogP contribution in [0.15, 0.2) is 0 Å². The number of hydrogen-bond donors (Lipinski definition) is 3. The summed E-state index contributed by atoms with van der Waals surface area (Å²) in [6.45, 7) is 1.84. The monoisotopic (exact) mass is 269 g/mol. The minimum atomic E-state index is -2.44. The van der Waals surface area contributed by atoms with Crippen LogP contribution in [-0.2, 0) is 13.3 Å². The highest BCUT2D eigenvalue weighted by Crippen LogP contribution is 2.15. The molecule has 0 radical (unpaired) electrons. The molecule has 6 N–H and O–H groups in total. The first-order valence-corrected chi connectivity index (χ1v) is 8.55. The third kappa shape index (κ3) is 8.36. The summed E-state index contributed by atoms with van der Waals surface area (Å²) >= 11 is 0. The van der Waals surface area contributed by atoms with Gasteiger partial charge in [-0.2, -0.15) is 0 Å². The summed E-state index contributed by atoms with van der Waals surface area (Å²) in [6.07, 6.45) is 1.68. The smallest absolute Gasteiger partial charge is 0.377 e. The van der Waals surface area contributed by atoms with E-state index in [0.717, 1.165) is 29.3 Å². The van der Waals surface area contributed by atoms with Crippen molar-refractivity contribution in [1.82, 2.24) is 0 Å². The van der Waals surface area contributed by atoms with Crippen molar-refractivity contribution in [3.05, 3.63) is 0 Å². The quantitative estimate of drug-likeness (QED) is 0.335. The molecule has 0 heterocycles. The van der Waals surface area contributed by atoms with E-state index in [9.17, 15) is 0 Å². The maximum Gasteiger partial charge on any atom is 0.500 e. The second-order valence-electron chi connectivity index (χ2n) is 2.97. The van der Waals surface area contributed by atoms with Gasteiger partial charge in [0.2, 0.25) is 0 Å². The van der Waals surface area contributed by atoms with Crippen LogP contribution in [0.3, 0.4) is 0 Å². The Hall–Kier alpha value is 0.194. The molecule has 0 aromatic rings. The third-order valence-corrected chi connectivity index (χ3v) is 4.83. The van der Waals surface area contributed by atoms with Gasteiger partial charge < -0.3 is 30.1 Å². The molecule has 0 atom stereocenters. The molecular formula is C8H27N3O3Si2. The zero-order valence-electron chi connectivity index (χ0n) is 10.7. The average Bonchev–Trinajstić information content (AvgIpc) is 2.36. The minimum absolute atomic E-state index is 0.592. The lowest BCUT2D eigenvalue weighted by Crippen LogP contribution is -2.44. The number of hydrogen-bond acceptors (Lipinski definition) is 6. The van der Waals surface area contributed by atoms with Gasteiger partial charge in [0, 0.05) is 26.9 Å². The van der Waals surface area contributed by atoms with Crippen molar-refractivity contribution < 1.29 is 13.3 Å². The summed E-state index contributed by atoms with van der Waals surface area (Å²) in [5.41, 5.74) is 10.8. The Bertz CT molecular complexity index is 140. The maximum atomic E-state index is 5.63. The van der Waals surface area contributed by atoms with E-state index in [0.29, 0.717) is 19.7 Å². The van der Waals surface area contributed by atoms with Gasteiger partial charge in [0.15, 0.2) is 0 Å². The molecule has 0 aliphatic heterocycles. The lowest BCUT2D eigenvalue weighted by atomic mass is 10.5. The van der Waals surface area contributed by atoms with Gasteiger partial charge >= 0.3 is 8.80 Å². The standard InChI is InChI=1S/C8H22N2O3Si.H5NSi/c1-11-14(12-2,8-4-6-10)13-7-3-5-9;1-2/h3-10H2,1-2H3;1H2,2H3. The summed E-state index contributed by atoms with van der Waals surface area (Å²) in [7, 11) is 1.61. The van der Waals surface area contributed by atoms with Gasteiger partial charge in [0.25, 0.3) is 0 Å². The van der Waals surface area contributed by atoms with Crippen molar-refractivity contribution in [2.45, 2.75) is 18.9 Å². The summed E-state index contributed by atoms with van der Waals surface area (Å²) in [4.78, 5) is 0. The molecule has 0 saturated carbocycles. The second kappa shape index (κ2) is 13.3. The molecule has 0 aromatic carbocycles. The van der Waals surface area contributed by atoms with Crippen LogP contribution in [-0.4, -0.2) is 53.1 Å². The van der Waals surface area contributed by atoms with E-state index in [2.05, 4.69) is 5.40 Å². The average molecular weight is 269 g/mol. The topological polar surface area (TPSA) is 106 Å². The summed E-state index contributed by atoms with van der Waals surface area (Å²) in [5.74, 6) is 0. The lowest BCUT2D eigenvalue weighted by Gasteiger charge is -2.26. The van der Waals surface area contributed by atoms with Crippen LogP contribution >= 0.6 is 0 Å². The molecule has 0 aromatic heterocycles. The van der Waals surface area contributed by atoms with E-state index in [1.807, 2.05) is 0 Å². The third-order valence-electron chi connectivity index (χ3n) is 1.98. The summed E-state index contributed by atoms with van der Waals surface area (Å²) in [5, 5.41) is 4.64. The normalized spacial score (nSPS) is 11.1. The molecule has 0 spiro atoms. The largest absolute Gasteiger partial charge is 0.500 e. The first-order valence-electron chi connectivity index (χ1n) is 5.46. The zero-order valence-corrected chi connectivity index (χ0v) is 13.7. The molecule has 0 unspecified atom stereocenters. The Morgan fingerprint density at radius 3 is 1.88 bits per heavy atom. The van der Waals surface area contributed by atoms with E-state index >= 15 is 0 Å². The second-order valence-corrected chi connectivity index (χ2v) is 5.95. The predicted octanol–water partition coefficient (Wildman–Crippen LogP) is -1.84. The van der Waals surface area contributed by atoms with E-state index in [1.54, 1.807) is 14.2 Å². The van der Waals surface area contributed by atoms with Crippen molar-refractivity contribution in [3.8, 4) is 0 Å². The van der Waals surface area contributed by atoms with Crippen LogP contribution in [0.1, 0.15) is 12.8 Å². The molecule has 0 saturated heterocycles. The van der Waals surface area contributed by atoms with Gasteiger partial charge in [-0.1, -0.05) is 0 Å². The highest BCUT2D eigenvalue weighted by Gasteiger charge is 2.37. The molecule has 0 rings (SSSR count). The zero-order chi connectivity index (χ0) is 12.9. The molecule has 8 heteroatoms. The maximum absolute atomic E-state index is 5.63. The van der Waals surface area contributed by atoms with Crippen molar-refractivity contribution in [3.63, 3.8) is 0 Å². The molecular weight excluding hydrogens is 242 g/mol. The molecule has 0 bridgehead atoms. The van der Waals surface area contributed by atoms with Crippen LogP contribution in [0.25, 0.3) is 0 Å². The Kier molecular flexibility index (Phi) is 15.4. The van der Waals surface area contributed by atoms with E-state index < -0.39 is 8.80 Å². The van der Waals surface area contributed by atoms with Gasteiger partial charge in [-0.25, -0.2) is 0 Å². The van der Waals surface area contributed by atoms with E-state index in [-0.39, 0.29) is 0 Å². The van der Waals surface area contributed by atoms with Crippen LogP contribution in [0.4, 0.5) is 0 Å². The highest BCUT2D eigenvalue weighted by atomic mass is 28.4. The molecule has 6 nitrogen and oxygen atoms in total. The van der Waals surface area contributed by atoms with Crippen molar-refractivity contribution in [2.75, 3.05) is 33.9 Å². The van der Waals surface area contributed by atoms with Crippen LogP contribution in [0, 0.1) is 0 Å². The first-order chi connectivity index (χ1) is 7.74. The Balaban J connectivity index is 0. The Morgan fingerprint density at radius 2 is 1.50 bits per heavy atom. The Labute approximate surface area is 103 Å². The van der Waals surface area contributed by atoms with Crippen LogP contribution < -0.4 is 16.9 Å². The summed E-state index contributed by atoms with van der Waals surface area (Å²) < 4.78 is 16.3. The van der Waals surface area contributed by atoms with E-state index in [1.165, 1.54) is 0 Å². The molecule has 0 aliphatic carbocycles. The van der Waals surface area contributed by atoms with Crippen molar-refractivity contribution in [2.24, 2.45) is 16.9 Å². The molecule has 0 aliphatic rings. The van der Waals surface area contributed by atoms with E-state index in [4.69, 9.17) is 24.7 Å². The first kappa shape index (κ1) is 18.6.